The molecule has 0 aliphatic heterocycles. The van der Waals surface area contributed by atoms with Crippen molar-refractivity contribution >= 4 is 27.1 Å². The van der Waals surface area contributed by atoms with Gasteiger partial charge in [0.25, 0.3) is 5.69 Å². The second-order valence-electron chi connectivity index (χ2n) is 4.78. The first kappa shape index (κ1) is 13.5. The molecular weight excluding hydrogens is 286 g/mol. The molecule has 1 aromatic heterocycles. The number of benzene rings is 2. The molecule has 0 fully saturated rings. The van der Waals surface area contributed by atoms with Gasteiger partial charge in [-0.15, -0.1) is 11.3 Å². The first-order chi connectivity index (χ1) is 10.0. The smallest absolute Gasteiger partial charge is 0.270 e. The van der Waals surface area contributed by atoms with Gasteiger partial charge in [0.05, 0.1) is 4.92 Å². The molecule has 2 aromatic carbocycles. The Morgan fingerprint density at radius 2 is 1.90 bits per heavy atom. The quantitative estimate of drug-likeness (QED) is 0.527. The van der Waals surface area contributed by atoms with E-state index in [1.54, 1.807) is 18.2 Å². The van der Waals surface area contributed by atoms with Gasteiger partial charge in [-0.1, -0.05) is 23.8 Å². The van der Waals surface area contributed by atoms with E-state index in [0.717, 1.165) is 15.1 Å². The monoisotopic (exact) mass is 297 g/mol. The highest BCUT2D eigenvalue weighted by atomic mass is 32.1. The standard InChI is InChI=1S/C16H11NO3S/c1-10-5-6-15-13(7-10)14(18)9-16(21-15)11-3-2-4-12(8-11)17(19)20/h2-9H,1H3. The Morgan fingerprint density at radius 3 is 2.67 bits per heavy atom. The van der Waals surface area contributed by atoms with E-state index < -0.39 is 4.92 Å². The summed E-state index contributed by atoms with van der Waals surface area (Å²) in [5.74, 6) is 0. The molecule has 0 spiro atoms. The molecule has 3 aromatic rings. The maximum atomic E-state index is 12.2. The predicted octanol–water partition coefficient (Wildman–Crippen LogP) is 4.15. The topological polar surface area (TPSA) is 60.2 Å². The summed E-state index contributed by atoms with van der Waals surface area (Å²) in [6, 6.07) is 13.6. The molecule has 4 nitrogen and oxygen atoms in total. The van der Waals surface area contributed by atoms with Gasteiger partial charge < -0.3 is 0 Å². The summed E-state index contributed by atoms with van der Waals surface area (Å²) < 4.78 is 0.884. The molecule has 0 aliphatic rings. The van der Waals surface area contributed by atoms with Crippen LogP contribution >= 0.6 is 11.3 Å². The van der Waals surface area contributed by atoms with E-state index in [1.165, 1.54) is 23.5 Å². The van der Waals surface area contributed by atoms with Crippen molar-refractivity contribution < 1.29 is 4.92 Å². The minimum atomic E-state index is -0.434. The fourth-order valence-electron chi connectivity index (χ4n) is 2.19. The van der Waals surface area contributed by atoms with Crippen molar-refractivity contribution in [3.63, 3.8) is 0 Å². The van der Waals surface area contributed by atoms with Crippen LogP contribution in [0.4, 0.5) is 5.69 Å². The summed E-state index contributed by atoms with van der Waals surface area (Å²) in [5, 5.41) is 11.5. The van der Waals surface area contributed by atoms with Crippen LogP contribution in [0.2, 0.25) is 0 Å². The van der Waals surface area contributed by atoms with Gasteiger partial charge in [-0.25, -0.2) is 0 Å². The van der Waals surface area contributed by atoms with Gasteiger partial charge in [0.1, 0.15) is 0 Å². The Hall–Kier alpha value is -2.53. The number of fused-ring (bicyclic) bond motifs is 1. The first-order valence-electron chi connectivity index (χ1n) is 6.34. The van der Waals surface area contributed by atoms with Crippen LogP contribution < -0.4 is 5.43 Å². The fraction of sp³-hybridized carbons (Fsp3) is 0.0625. The zero-order chi connectivity index (χ0) is 15.0. The number of hydrogen-bond donors (Lipinski definition) is 0. The number of nitro groups is 1. The van der Waals surface area contributed by atoms with Crippen LogP contribution in [-0.2, 0) is 0 Å². The van der Waals surface area contributed by atoms with Gasteiger partial charge in [0.15, 0.2) is 5.43 Å². The van der Waals surface area contributed by atoms with Crippen molar-refractivity contribution in [1.29, 1.82) is 0 Å². The van der Waals surface area contributed by atoms with Crippen molar-refractivity contribution in [2.45, 2.75) is 6.92 Å². The van der Waals surface area contributed by atoms with Crippen LogP contribution in [0, 0.1) is 17.0 Å². The second-order valence-corrected chi connectivity index (χ2v) is 5.87. The van der Waals surface area contributed by atoms with Crippen molar-refractivity contribution in [3.05, 3.63) is 74.4 Å². The van der Waals surface area contributed by atoms with E-state index >= 15 is 0 Å². The molecule has 3 rings (SSSR count). The summed E-state index contributed by atoms with van der Waals surface area (Å²) in [4.78, 5) is 23.4. The largest absolute Gasteiger partial charge is 0.289 e. The third-order valence-electron chi connectivity index (χ3n) is 3.22. The van der Waals surface area contributed by atoms with Gasteiger partial charge >= 0.3 is 0 Å². The molecule has 0 amide bonds. The van der Waals surface area contributed by atoms with Crippen molar-refractivity contribution in [1.82, 2.24) is 0 Å². The van der Waals surface area contributed by atoms with E-state index in [1.807, 2.05) is 25.1 Å². The highest BCUT2D eigenvalue weighted by molar-refractivity contribution is 7.21. The zero-order valence-electron chi connectivity index (χ0n) is 11.2. The molecule has 0 unspecified atom stereocenters. The summed E-state index contributed by atoms with van der Waals surface area (Å²) >= 11 is 1.46. The van der Waals surface area contributed by atoms with Gasteiger partial charge in [0.2, 0.25) is 0 Å². The predicted molar refractivity (Wildman–Crippen MR) is 84.9 cm³/mol. The molecule has 0 aliphatic carbocycles. The Bertz CT molecular complexity index is 915. The third kappa shape index (κ3) is 2.55. The van der Waals surface area contributed by atoms with Crippen LogP contribution in [0.5, 0.6) is 0 Å². The summed E-state index contributed by atoms with van der Waals surface area (Å²) in [6.07, 6.45) is 0. The number of rotatable bonds is 2. The lowest BCUT2D eigenvalue weighted by Crippen LogP contribution is -1.99. The van der Waals surface area contributed by atoms with E-state index in [9.17, 15) is 14.9 Å². The van der Waals surface area contributed by atoms with E-state index in [4.69, 9.17) is 0 Å². The molecule has 0 saturated heterocycles. The molecule has 0 saturated carbocycles. The Labute approximate surface area is 124 Å². The van der Waals surface area contributed by atoms with E-state index in [2.05, 4.69) is 0 Å². The van der Waals surface area contributed by atoms with Crippen LogP contribution in [-0.4, -0.2) is 4.92 Å². The zero-order valence-corrected chi connectivity index (χ0v) is 12.0. The Morgan fingerprint density at radius 1 is 1.10 bits per heavy atom. The van der Waals surface area contributed by atoms with Crippen LogP contribution in [0.25, 0.3) is 20.5 Å². The first-order valence-corrected chi connectivity index (χ1v) is 7.15. The molecule has 0 bridgehead atoms. The molecule has 21 heavy (non-hydrogen) atoms. The molecule has 0 radical (unpaired) electrons. The van der Waals surface area contributed by atoms with Crippen LogP contribution in [0.3, 0.4) is 0 Å². The number of nitrogens with zero attached hydrogens (tertiary/aromatic N) is 1. The van der Waals surface area contributed by atoms with Crippen LogP contribution in [0.1, 0.15) is 5.56 Å². The molecule has 0 N–H and O–H groups in total. The van der Waals surface area contributed by atoms with Gasteiger partial charge in [0, 0.05) is 33.2 Å². The van der Waals surface area contributed by atoms with Gasteiger partial charge in [-0.3, -0.25) is 14.9 Å². The normalized spacial score (nSPS) is 10.7. The minimum absolute atomic E-state index is 0.0242. The number of nitro benzene ring substituents is 1. The highest BCUT2D eigenvalue weighted by Gasteiger charge is 2.10. The maximum Gasteiger partial charge on any atom is 0.270 e. The number of non-ortho nitro benzene ring substituents is 1. The molecule has 104 valence electrons. The molecular formula is C16H11NO3S. The average Bonchev–Trinajstić information content (AvgIpc) is 2.48. The van der Waals surface area contributed by atoms with E-state index in [0.29, 0.717) is 10.9 Å². The Balaban J connectivity index is 2.22. The average molecular weight is 297 g/mol. The van der Waals surface area contributed by atoms with Crippen molar-refractivity contribution in [2.24, 2.45) is 0 Å². The summed E-state index contributed by atoms with van der Waals surface area (Å²) in [7, 11) is 0. The lowest BCUT2D eigenvalue weighted by molar-refractivity contribution is -0.384. The van der Waals surface area contributed by atoms with E-state index in [-0.39, 0.29) is 11.1 Å². The van der Waals surface area contributed by atoms with Gasteiger partial charge in [-0.2, -0.15) is 0 Å². The number of hydrogen-bond acceptors (Lipinski definition) is 4. The maximum absolute atomic E-state index is 12.2. The third-order valence-corrected chi connectivity index (χ3v) is 4.37. The SMILES string of the molecule is Cc1ccc2sc(-c3cccc([N+](=O)[O-])c3)cc(=O)c2c1. The fourth-order valence-corrected chi connectivity index (χ4v) is 3.24. The van der Waals surface area contributed by atoms with Crippen molar-refractivity contribution in [2.75, 3.05) is 0 Å². The van der Waals surface area contributed by atoms with Crippen LogP contribution in [0.15, 0.2) is 53.3 Å². The highest BCUT2D eigenvalue weighted by Crippen LogP contribution is 2.30. The summed E-state index contributed by atoms with van der Waals surface area (Å²) in [6.45, 7) is 1.94. The minimum Gasteiger partial charge on any atom is -0.289 e. The summed E-state index contributed by atoms with van der Waals surface area (Å²) in [5.41, 5.74) is 1.69. The number of aryl methyl sites for hydroxylation is 1. The van der Waals surface area contributed by atoms with Crippen molar-refractivity contribution in [3.8, 4) is 10.4 Å². The second kappa shape index (κ2) is 5.10. The van der Waals surface area contributed by atoms with Gasteiger partial charge in [-0.05, 0) is 24.6 Å². The molecule has 5 heteroatoms. The lowest BCUT2D eigenvalue weighted by atomic mass is 10.1. The molecule has 1 heterocycles. The Kier molecular flexibility index (Phi) is 3.27. The molecule has 0 atom stereocenters. The lowest BCUT2D eigenvalue weighted by Gasteiger charge is -2.03.